The van der Waals surface area contributed by atoms with Gasteiger partial charge in [0.25, 0.3) is 0 Å². The number of hydrogen-bond donors (Lipinski definition) is 1. The molecule has 1 N–H and O–H groups in total. The summed E-state index contributed by atoms with van der Waals surface area (Å²) in [6, 6.07) is 10.1. The molecular weight excluding hydrogens is 320 g/mol. The van der Waals surface area contributed by atoms with Crippen LogP contribution >= 0.6 is 0 Å². The Bertz CT molecular complexity index is 496. The number of amides is 1. The van der Waals surface area contributed by atoms with Crippen molar-refractivity contribution in [1.82, 2.24) is 5.43 Å². The highest BCUT2D eigenvalue weighted by Gasteiger charge is 2.05. The Kier molecular flexibility index (Phi) is 13.4. The number of nitrogens with zero attached hydrogens (tertiary/aromatic N) is 1. The fourth-order valence-corrected chi connectivity index (χ4v) is 3.02. The summed E-state index contributed by atoms with van der Waals surface area (Å²) in [4.78, 5) is 12.0. The summed E-state index contributed by atoms with van der Waals surface area (Å²) in [5.74, 6) is 0.0397. The molecule has 0 atom stereocenters. The first-order chi connectivity index (χ1) is 12.8. The topological polar surface area (TPSA) is 41.5 Å². The summed E-state index contributed by atoms with van der Waals surface area (Å²) in [5.41, 5.74) is 4.85. The zero-order valence-electron chi connectivity index (χ0n) is 16.9. The number of nitrogens with one attached hydrogen (secondary N) is 1. The largest absolute Gasteiger partial charge is 0.273 e. The third kappa shape index (κ3) is 11.1. The summed E-state index contributed by atoms with van der Waals surface area (Å²) in [5, 5.41) is 4.41. The van der Waals surface area contributed by atoms with E-state index in [0.29, 0.717) is 6.42 Å². The molecule has 1 aromatic rings. The number of hydrazone groups is 1. The molecule has 0 fully saturated rings. The maximum Gasteiger partial charge on any atom is 0.240 e. The third-order valence-electron chi connectivity index (χ3n) is 4.70. The van der Waals surface area contributed by atoms with Gasteiger partial charge in [-0.3, -0.25) is 4.79 Å². The van der Waals surface area contributed by atoms with E-state index in [1.807, 2.05) is 18.2 Å². The molecule has 0 saturated heterocycles. The van der Waals surface area contributed by atoms with Gasteiger partial charge in [-0.15, -0.1) is 0 Å². The van der Waals surface area contributed by atoms with Crippen LogP contribution in [0.15, 0.2) is 35.4 Å². The second kappa shape index (κ2) is 15.6. The van der Waals surface area contributed by atoms with Gasteiger partial charge in [-0.2, -0.15) is 5.10 Å². The maximum atomic E-state index is 12.0. The number of unbranched alkanes of at least 4 members (excludes halogenated alkanes) is 9. The molecule has 0 aliphatic heterocycles. The Balaban J connectivity index is 2.22. The average molecular weight is 359 g/mol. The van der Waals surface area contributed by atoms with Crippen molar-refractivity contribution in [2.24, 2.45) is 5.10 Å². The van der Waals surface area contributed by atoms with Crippen LogP contribution < -0.4 is 5.43 Å². The molecule has 1 aromatic carbocycles. The highest BCUT2D eigenvalue weighted by Crippen LogP contribution is 2.11. The summed E-state index contributed by atoms with van der Waals surface area (Å²) in [7, 11) is 0. The quantitative estimate of drug-likeness (QED) is 0.214. The average Bonchev–Trinajstić information content (AvgIpc) is 2.67. The molecule has 0 unspecified atom stereocenters. The van der Waals surface area contributed by atoms with E-state index in [1.54, 1.807) is 0 Å². The third-order valence-corrected chi connectivity index (χ3v) is 4.70. The van der Waals surface area contributed by atoms with Crippen molar-refractivity contribution < 1.29 is 4.79 Å². The van der Waals surface area contributed by atoms with Gasteiger partial charge < -0.3 is 0 Å². The lowest BCUT2D eigenvalue weighted by Crippen LogP contribution is -2.19. The van der Waals surface area contributed by atoms with Gasteiger partial charge in [-0.25, -0.2) is 5.43 Å². The van der Waals surface area contributed by atoms with E-state index < -0.39 is 0 Å². The molecule has 3 heteroatoms. The Labute approximate surface area is 160 Å². The minimum absolute atomic E-state index is 0.0397. The molecule has 26 heavy (non-hydrogen) atoms. The Morgan fingerprint density at radius 2 is 1.35 bits per heavy atom. The molecule has 0 heterocycles. The van der Waals surface area contributed by atoms with Crippen molar-refractivity contribution in [2.45, 2.75) is 97.3 Å². The van der Waals surface area contributed by atoms with Gasteiger partial charge in [0.15, 0.2) is 0 Å². The SMILES string of the molecule is CCCCCCCCCCCC(=O)N/N=C(\CCCC)c1ccccc1. The molecule has 0 radical (unpaired) electrons. The van der Waals surface area contributed by atoms with Gasteiger partial charge in [0.2, 0.25) is 5.91 Å². The van der Waals surface area contributed by atoms with Crippen molar-refractivity contribution >= 4 is 11.6 Å². The van der Waals surface area contributed by atoms with E-state index in [1.165, 1.54) is 44.9 Å². The van der Waals surface area contributed by atoms with Gasteiger partial charge in [0.05, 0.1) is 5.71 Å². The fraction of sp³-hybridized carbons (Fsp3) is 0.652. The number of rotatable bonds is 15. The Morgan fingerprint density at radius 3 is 1.96 bits per heavy atom. The first kappa shape index (κ1) is 22.4. The smallest absolute Gasteiger partial charge is 0.240 e. The molecule has 0 aromatic heterocycles. The zero-order valence-corrected chi connectivity index (χ0v) is 16.9. The first-order valence-electron chi connectivity index (χ1n) is 10.7. The lowest BCUT2D eigenvalue weighted by atomic mass is 10.1. The summed E-state index contributed by atoms with van der Waals surface area (Å²) in [6.07, 6.45) is 15.1. The van der Waals surface area contributed by atoms with Crippen LogP contribution in [0.25, 0.3) is 0 Å². The lowest BCUT2D eigenvalue weighted by Gasteiger charge is -2.07. The predicted octanol–water partition coefficient (Wildman–Crippen LogP) is 6.62. The van der Waals surface area contributed by atoms with E-state index in [2.05, 4.69) is 36.5 Å². The summed E-state index contributed by atoms with van der Waals surface area (Å²) in [6.45, 7) is 4.42. The first-order valence-corrected chi connectivity index (χ1v) is 10.7. The Morgan fingerprint density at radius 1 is 0.769 bits per heavy atom. The Hall–Kier alpha value is -1.64. The fourth-order valence-electron chi connectivity index (χ4n) is 3.02. The van der Waals surface area contributed by atoms with Crippen molar-refractivity contribution in [1.29, 1.82) is 0 Å². The van der Waals surface area contributed by atoms with Gasteiger partial charge in [-0.1, -0.05) is 102 Å². The molecular formula is C23H38N2O. The molecule has 1 amide bonds. The molecule has 0 aliphatic carbocycles. The van der Waals surface area contributed by atoms with Crippen molar-refractivity contribution in [3.05, 3.63) is 35.9 Å². The van der Waals surface area contributed by atoms with Gasteiger partial charge in [-0.05, 0) is 24.8 Å². The van der Waals surface area contributed by atoms with Crippen LogP contribution in [0.3, 0.4) is 0 Å². The predicted molar refractivity (Wildman–Crippen MR) is 112 cm³/mol. The highest BCUT2D eigenvalue weighted by atomic mass is 16.2. The van der Waals surface area contributed by atoms with Gasteiger partial charge in [0.1, 0.15) is 0 Å². The minimum Gasteiger partial charge on any atom is -0.273 e. The number of carbonyl (C=O) groups is 1. The summed E-state index contributed by atoms with van der Waals surface area (Å²) < 4.78 is 0. The minimum atomic E-state index is 0.0397. The van der Waals surface area contributed by atoms with Crippen LogP contribution in [0, 0.1) is 0 Å². The summed E-state index contributed by atoms with van der Waals surface area (Å²) >= 11 is 0. The molecule has 0 saturated carbocycles. The maximum absolute atomic E-state index is 12.0. The van der Waals surface area contributed by atoms with Crippen LogP contribution in [0.2, 0.25) is 0 Å². The number of hydrogen-bond acceptors (Lipinski definition) is 2. The van der Waals surface area contributed by atoms with Gasteiger partial charge in [0, 0.05) is 6.42 Å². The van der Waals surface area contributed by atoms with Crippen LogP contribution in [0.1, 0.15) is 103 Å². The highest BCUT2D eigenvalue weighted by molar-refractivity contribution is 6.01. The number of carbonyl (C=O) groups excluding carboxylic acids is 1. The van der Waals surface area contributed by atoms with E-state index in [9.17, 15) is 4.79 Å². The molecule has 0 aliphatic rings. The van der Waals surface area contributed by atoms with Crippen molar-refractivity contribution in [2.75, 3.05) is 0 Å². The monoisotopic (exact) mass is 358 g/mol. The molecule has 1 rings (SSSR count). The molecule has 0 bridgehead atoms. The van der Waals surface area contributed by atoms with Gasteiger partial charge >= 0.3 is 0 Å². The van der Waals surface area contributed by atoms with Crippen molar-refractivity contribution in [3.63, 3.8) is 0 Å². The van der Waals surface area contributed by atoms with Crippen LogP contribution in [0.5, 0.6) is 0 Å². The van der Waals surface area contributed by atoms with E-state index in [4.69, 9.17) is 0 Å². The molecule has 0 spiro atoms. The van der Waals surface area contributed by atoms with E-state index in [0.717, 1.165) is 43.4 Å². The lowest BCUT2D eigenvalue weighted by molar-refractivity contribution is -0.121. The van der Waals surface area contributed by atoms with Crippen LogP contribution in [-0.2, 0) is 4.79 Å². The molecule has 146 valence electrons. The zero-order chi connectivity index (χ0) is 18.9. The second-order valence-electron chi connectivity index (χ2n) is 7.14. The molecule has 3 nitrogen and oxygen atoms in total. The normalized spacial score (nSPS) is 11.5. The second-order valence-corrected chi connectivity index (χ2v) is 7.14. The van der Waals surface area contributed by atoms with E-state index >= 15 is 0 Å². The standard InChI is InChI=1S/C23H38N2O/c1-3-5-7-8-9-10-11-12-16-20-23(26)25-24-22(19-6-4-2)21-17-14-13-15-18-21/h13-15,17-18H,3-12,16,19-20H2,1-2H3,(H,25,26)/b24-22+. The van der Waals surface area contributed by atoms with Crippen LogP contribution in [0.4, 0.5) is 0 Å². The van der Waals surface area contributed by atoms with E-state index in [-0.39, 0.29) is 5.91 Å². The van der Waals surface area contributed by atoms with Crippen LogP contribution in [-0.4, -0.2) is 11.6 Å². The number of benzene rings is 1. The van der Waals surface area contributed by atoms with Crippen molar-refractivity contribution in [3.8, 4) is 0 Å².